The number of carbonyl (C=O) groups is 1. The highest BCUT2D eigenvalue weighted by atomic mass is 79.9. The summed E-state index contributed by atoms with van der Waals surface area (Å²) in [4.78, 5) is 14.4. The SMILES string of the molecule is Cc1cc(OCC(=O)Nc2ccc(N(C)C)c3ccccc23)ccc1Br. The molecule has 0 unspecified atom stereocenters. The first kappa shape index (κ1) is 18.3. The quantitative estimate of drug-likeness (QED) is 0.641. The van der Waals surface area contributed by atoms with E-state index >= 15 is 0 Å². The smallest absolute Gasteiger partial charge is 0.262 e. The summed E-state index contributed by atoms with van der Waals surface area (Å²) in [6, 6.07) is 17.6. The average molecular weight is 413 g/mol. The molecule has 26 heavy (non-hydrogen) atoms. The van der Waals surface area contributed by atoms with Crippen LogP contribution in [0.5, 0.6) is 5.75 Å². The van der Waals surface area contributed by atoms with E-state index in [1.54, 1.807) is 0 Å². The third-order valence-electron chi connectivity index (χ3n) is 4.16. The van der Waals surface area contributed by atoms with Crippen molar-refractivity contribution in [2.24, 2.45) is 0 Å². The summed E-state index contributed by atoms with van der Waals surface area (Å²) in [5.74, 6) is 0.488. The number of benzene rings is 3. The van der Waals surface area contributed by atoms with Gasteiger partial charge in [-0.2, -0.15) is 0 Å². The van der Waals surface area contributed by atoms with Gasteiger partial charge in [0.2, 0.25) is 0 Å². The largest absolute Gasteiger partial charge is 0.484 e. The predicted octanol–water partition coefficient (Wildman–Crippen LogP) is 4.99. The Balaban J connectivity index is 1.75. The molecule has 3 aromatic rings. The van der Waals surface area contributed by atoms with Gasteiger partial charge in [-0.25, -0.2) is 0 Å². The van der Waals surface area contributed by atoms with Crippen LogP contribution in [0.4, 0.5) is 11.4 Å². The number of anilines is 2. The van der Waals surface area contributed by atoms with Gasteiger partial charge in [-0.1, -0.05) is 40.2 Å². The lowest BCUT2D eigenvalue weighted by molar-refractivity contribution is -0.118. The molecule has 4 nitrogen and oxygen atoms in total. The van der Waals surface area contributed by atoms with Crippen LogP contribution in [0.2, 0.25) is 0 Å². The first-order valence-electron chi connectivity index (χ1n) is 8.33. The monoisotopic (exact) mass is 412 g/mol. The molecule has 0 heterocycles. The number of aryl methyl sites for hydroxylation is 1. The molecule has 0 atom stereocenters. The number of nitrogens with zero attached hydrogens (tertiary/aromatic N) is 1. The van der Waals surface area contributed by atoms with E-state index in [4.69, 9.17) is 4.74 Å². The molecule has 0 saturated carbocycles. The number of ether oxygens (including phenoxy) is 1. The van der Waals surface area contributed by atoms with Crippen molar-refractivity contribution < 1.29 is 9.53 Å². The molecular formula is C21H21BrN2O2. The Hall–Kier alpha value is -2.53. The number of halogens is 1. The predicted molar refractivity (Wildman–Crippen MR) is 111 cm³/mol. The van der Waals surface area contributed by atoms with E-state index in [9.17, 15) is 4.79 Å². The van der Waals surface area contributed by atoms with E-state index in [1.807, 2.05) is 69.6 Å². The van der Waals surface area contributed by atoms with Gasteiger partial charge >= 0.3 is 0 Å². The standard InChI is InChI=1S/C21H21BrN2O2/c1-14-12-15(8-9-18(14)22)26-13-21(25)23-19-10-11-20(24(2)3)17-7-5-4-6-16(17)19/h4-12H,13H2,1-3H3,(H,23,25). The fourth-order valence-corrected chi connectivity index (χ4v) is 3.07. The van der Waals surface area contributed by atoms with Crippen molar-refractivity contribution in [1.29, 1.82) is 0 Å². The molecule has 0 bridgehead atoms. The number of fused-ring (bicyclic) bond motifs is 1. The van der Waals surface area contributed by atoms with Crippen LogP contribution < -0.4 is 15.0 Å². The number of hydrogen-bond acceptors (Lipinski definition) is 3. The number of nitrogens with one attached hydrogen (secondary N) is 1. The van der Waals surface area contributed by atoms with Crippen LogP contribution in [0.15, 0.2) is 59.1 Å². The molecule has 0 aliphatic rings. The van der Waals surface area contributed by atoms with Crippen molar-refractivity contribution in [3.63, 3.8) is 0 Å². The molecule has 0 aliphatic carbocycles. The molecule has 5 heteroatoms. The topological polar surface area (TPSA) is 41.6 Å². The Morgan fingerprint density at radius 2 is 1.81 bits per heavy atom. The van der Waals surface area contributed by atoms with E-state index < -0.39 is 0 Å². The van der Waals surface area contributed by atoms with Crippen LogP contribution in [-0.2, 0) is 4.79 Å². The summed E-state index contributed by atoms with van der Waals surface area (Å²) in [6.07, 6.45) is 0. The van der Waals surface area contributed by atoms with Gasteiger partial charge in [0.15, 0.2) is 6.61 Å². The van der Waals surface area contributed by atoms with Crippen LogP contribution >= 0.6 is 15.9 Å². The van der Waals surface area contributed by atoms with E-state index in [0.29, 0.717) is 5.75 Å². The Morgan fingerprint density at radius 1 is 1.08 bits per heavy atom. The van der Waals surface area contributed by atoms with Crippen molar-refractivity contribution in [2.75, 3.05) is 30.9 Å². The zero-order valence-corrected chi connectivity index (χ0v) is 16.6. The molecule has 3 rings (SSSR count). The third kappa shape index (κ3) is 3.99. The Bertz CT molecular complexity index is 954. The second kappa shape index (κ2) is 7.79. The van der Waals surface area contributed by atoms with Gasteiger partial charge in [0, 0.05) is 40.7 Å². The maximum atomic E-state index is 12.3. The number of hydrogen-bond donors (Lipinski definition) is 1. The normalized spacial score (nSPS) is 10.6. The zero-order valence-electron chi connectivity index (χ0n) is 15.0. The molecule has 1 amide bonds. The van der Waals surface area contributed by atoms with Crippen molar-refractivity contribution in [3.05, 3.63) is 64.6 Å². The molecule has 0 aliphatic heterocycles. The third-order valence-corrected chi connectivity index (χ3v) is 5.05. The number of amides is 1. The molecule has 0 radical (unpaired) electrons. The number of rotatable bonds is 5. The molecule has 3 aromatic carbocycles. The summed E-state index contributed by atoms with van der Waals surface area (Å²) in [5.41, 5.74) is 2.96. The van der Waals surface area contributed by atoms with Crippen molar-refractivity contribution in [1.82, 2.24) is 0 Å². The van der Waals surface area contributed by atoms with Gasteiger partial charge < -0.3 is 15.0 Å². The van der Waals surface area contributed by atoms with Crippen molar-refractivity contribution in [2.45, 2.75) is 6.92 Å². The first-order chi connectivity index (χ1) is 12.5. The molecular weight excluding hydrogens is 392 g/mol. The van der Waals surface area contributed by atoms with Gasteiger partial charge in [0.1, 0.15) is 5.75 Å². The average Bonchev–Trinajstić information content (AvgIpc) is 2.62. The summed E-state index contributed by atoms with van der Waals surface area (Å²) >= 11 is 3.45. The fourth-order valence-electron chi connectivity index (χ4n) is 2.82. The van der Waals surface area contributed by atoms with Gasteiger partial charge in [-0.3, -0.25) is 4.79 Å². The number of carbonyl (C=O) groups excluding carboxylic acids is 1. The van der Waals surface area contributed by atoms with Crippen LogP contribution in [0.25, 0.3) is 10.8 Å². The summed E-state index contributed by atoms with van der Waals surface area (Å²) in [5, 5.41) is 5.06. The summed E-state index contributed by atoms with van der Waals surface area (Å²) in [6.45, 7) is 1.94. The maximum Gasteiger partial charge on any atom is 0.262 e. The minimum Gasteiger partial charge on any atom is -0.484 e. The first-order valence-corrected chi connectivity index (χ1v) is 9.13. The summed E-state index contributed by atoms with van der Waals surface area (Å²) in [7, 11) is 4.02. The molecule has 0 fully saturated rings. The highest BCUT2D eigenvalue weighted by Crippen LogP contribution is 2.31. The van der Waals surface area contributed by atoms with E-state index in [2.05, 4.69) is 32.2 Å². The lowest BCUT2D eigenvalue weighted by Gasteiger charge is -2.18. The minimum atomic E-state index is -0.187. The highest BCUT2D eigenvalue weighted by molar-refractivity contribution is 9.10. The lowest BCUT2D eigenvalue weighted by Crippen LogP contribution is -2.20. The Labute approximate surface area is 161 Å². The van der Waals surface area contributed by atoms with Crippen LogP contribution in [0.1, 0.15) is 5.56 Å². The fraction of sp³-hybridized carbons (Fsp3) is 0.190. The molecule has 0 saturated heterocycles. The van der Waals surface area contributed by atoms with E-state index in [1.165, 1.54) is 0 Å². The maximum absolute atomic E-state index is 12.3. The summed E-state index contributed by atoms with van der Waals surface area (Å²) < 4.78 is 6.62. The van der Waals surface area contributed by atoms with Crippen LogP contribution in [0, 0.1) is 6.92 Å². The van der Waals surface area contributed by atoms with E-state index in [0.717, 1.165) is 32.2 Å². The van der Waals surface area contributed by atoms with E-state index in [-0.39, 0.29) is 12.5 Å². The minimum absolute atomic E-state index is 0.0369. The molecule has 134 valence electrons. The Morgan fingerprint density at radius 3 is 2.50 bits per heavy atom. The van der Waals surface area contributed by atoms with Crippen molar-refractivity contribution >= 4 is 44.0 Å². The Kier molecular flexibility index (Phi) is 5.47. The zero-order chi connectivity index (χ0) is 18.7. The van der Waals surface area contributed by atoms with Crippen molar-refractivity contribution in [3.8, 4) is 5.75 Å². The van der Waals surface area contributed by atoms with Crippen LogP contribution in [0.3, 0.4) is 0 Å². The van der Waals surface area contributed by atoms with Crippen LogP contribution in [-0.4, -0.2) is 26.6 Å². The lowest BCUT2D eigenvalue weighted by atomic mass is 10.1. The van der Waals surface area contributed by atoms with Gasteiger partial charge in [0.25, 0.3) is 5.91 Å². The van der Waals surface area contributed by atoms with Gasteiger partial charge in [0.05, 0.1) is 0 Å². The molecule has 0 aromatic heterocycles. The molecule has 1 N–H and O–H groups in total. The second-order valence-corrected chi connectivity index (χ2v) is 7.17. The highest BCUT2D eigenvalue weighted by Gasteiger charge is 2.10. The van der Waals surface area contributed by atoms with Gasteiger partial charge in [-0.15, -0.1) is 0 Å². The van der Waals surface area contributed by atoms with Gasteiger partial charge in [-0.05, 0) is 42.8 Å². The molecule has 0 spiro atoms. The second-order valence-electron chi connectivity index (χ2n) is 6.32.